The summed E-state index contributed by atoms with van der Waals surface area (Å²) in [5.41, 5.74) is 3.41. The van der Waals surface area contributed by atoms with Crippen LogP contribution in [0.4, 0.5) is 13.2 Å². The van der Waals surface area contributed by atoms with Crippen molar-refractivity contribution in [3.8, 4) is 0 Å². The first-order valence-corrected chi connectivity index (χ1v) is 8.06. The highest BCUT2D eigenvalue weighted by atomic mass is 127. The van der Waals surface area contributed by atoms with Crippen molar-refractivity contribution < 1.29 is 13.2 Å². The monoisotopic (exact) mass is 468 g/mol. The Balaban J connectivity index is 0.00000312. The molecular weight excluding hydrogens is 444 g/mol. The molecule has 0 bridgehead atoms. The summed E-state index contributed by atoms with van der Waals surface area (Å²) in [6.45, 7) is 4.83. The Hall–Kier alpha value is -1.45. The summed E-state index contributed by atoms with van der Waals surface area (Å²) in [4.78, 5) is 7.31. The van der Waals surface area contributed by atoms with Crippen molar-refractivity contribution in [1.82, 2.24) is 15.6 Å². The van der Waals surface area contributed by atoms with Gasteiger partial charge in [-0.05, 0) is 31.9 Å². The highest BCUT2D eigenvalue weighted by Gasteiger charge is 2.26. The molecule has 1 heterocycles. The number of benzene rings is 1. The number of aryl methyl sites for hydroxylation is 1. The van der Waals surface area contributed by atoms with Gasteiger partial charge in [-0.2, -0.15) is 13.2 Å². The number of hydrogen-bond acceptors (Lipinski definition) is 1. The lowest BCUT2D eigenvalue weighted by atomic mass is 10.1. The summed E-state index contributed by atoms with van der Waals surface area (Å²) in [6.07, 6.45) is -4.33. The summed E-state index contributed by atoms with van der Waals surface area (Å²) in [7, 11) is 0. The normalized spacial score (nSPS) is 12.1. The van der Waals surface area contributed by atoms with E-state index in [0.29, 0.717) is 19.0 Å². The van der Waals surface area contributed by atoms with Gasteiger partial charge in [0.2, 0.25) is 0 Å². The Bertz CT molecular complexity index is 695. The number of nitrogens with zero attached hydrogens (tertiary/aromatic N) is 1. The molecule has 8 heteroatoms. The number of aliphatic imine (C=N–C) groups is 1. The first-order valence-electron chi connectivity index (χ1n) is 8.06. The number of rotatable bonds is 6. The third-order valence-electron chi connectivity index (χ3n) is 3.70. The topological polar surface area (TPSA) is 52.2 Å². The zero-order valence-electron chi connectivity index (χ0n) is 14.3. The maximum atomic E-state index is 12.2. The molecular formula is C17H24F3IN4. The fourth-order valence-corrected chi connectivity index (χ4v) is 2.60. The molecule has 0 aliphatic carbocycles. The number of nitrogens with one attached hydrogen (secondary N) is 3. The van der Waals surface area contributed by atoms with E-state index in [2.05, 4.69) is 26.7 Å². The molecule has 0 saturated heterocycles. The van der Waals surface area contributed by atoms with Gasteiger partial charge in [-0.25, -0.2) is 0 Å². The number of hydrogen-bond donors (Lipinski definition) is 3. The van der Waals surface area contributed by atoms with Crippen LogP contribution in [-0.2, 0) is 6.42 Å². The number of alkyl halides is 3. The van der Waals surface area contributed by atoms with Crippen LogP contribution in [0, 0.1) is 6.92 Å². The van der Waals surface area contributed by atoms with Crippen molar-refractivity contribution in [2.24, 2.45) is 4.99 Å². The molecule has 4 nitrogen and oxygen atoms in total. The predicted octanol–water partition coefficient (Wildman–Crippen LogP) is 4.14. The molecule has 0 amide bonds. The average molecular weight is 468 g/mol. The molecule has 0 aliphatic heterocycles. The molecule has 0 saturated carbocycles. The van der Waals surface area contributed by atoms with Crippen LogP contribution in [0.3, 0.4) is 0 Å². The predicted molar refractivity (Wildman–Crippen MR) is 107 cm³/mol. The van der Waals surface area contributed by atoms with E-state index in [1.54, 1.807) is 0 Å². The van der Waals surface area contributed by atoms with Crippen molar-refractivity contribution in [2.45, 2.75) is 32.9 Å². The van der Waals surface area contributed by atoms with E-state index in [-0.39, 0.29) is 30.5 Å². The molecule has 0 aliphatic rings. The van der Waals surface area contributed by atoms with Crippen molar-refractivity contribution in [1.29, 1.82) is 0 Å². The quantitative estimate of drug-likeness (QED) is 0.339. The highest BCUT2D eigenvalue weighted by molar-refractivity contribution is 14.0. The van der Waals surface area contributed by atoms with Crippen LogP contribution in [0.25, 0.3) is 10.9 Å². The smallest absolute Gasteiger partial charge is 0.358 e. The van der Waals surface area contributed by atoms with Gasteiger partial charge in [-0.3, -0.25) is 4.99 Å². The fraction of sp³-hybridized carbons (Fsp3) is 0.471. The Labute approximate surface area is 162 Å². The minimum absolute atomic E-state index is 0. The second-order valence-electron chi connectivity index (χ2n) is 5.58. The molecule has 0 radical (unpaired) electrons. The van der Waals surface area contributed by atoms with E-state index >= 15 is 0 Å². The van der Waals surface area contributed by atoms with Gasteiger partial charge in [-0.15, -0.1) is 24.0 Å². The minimum Gasteiger partial charge on any atom is -0.358 e. The molecule has 0 spiro atoms. The van der Waals surface area contributed by atoms with Gasteiger partial charge in [0, 0.05) is 29.7 Å². The van der Waals surface area contributed by atoms with Crippen LogP contribution in [0.15, 0.2) is 29.3 Å². The van der Waals surface area contributed by atoms with Gasteiger partial charge in [0.25, 0.3) is 0 Å². The number of fused-ring (bicyclic) bond motifs is 1. The maximum Gasteiger partial charge on any atom is 0.390 e. The molecule has 2 aromatic rings. The largest absolute Gasteiger partial charge is 0.390 e. The van der Waals surface area contributed by atoms with Crippen LogP contribution in [-0.4, -0.2) is 36.8 Å². The number of para-hydroxylation sites is 1. The van der Waals surface area contributed by atoms with E-state index in [1.165, 1.54) is 10.9 Å². The molecule has 2 rings (SSSR count). The summed E-state index contributed by atoms with van der Waals surface area (Å²) in [6, 6.07) is 8.07. The fourth-order valence-electron chi connectivity index (χ4n) is 2.60. The molecule has 0 atom stereocenters. The lowest BCUT2D eigenvalue weighted by Crippen LogP contribution is -2.38. The zero-order chi connectivity index (χ0) is 17.6. The molecule has 25 heavy (non-hydrogen) atoms. The Morgan fingerprint density at radius 3 is 2.60 bits per heavy atom. The van der Waals surface area contributed by atoms with E-state index in [1.807, 2.05) is 32.0 Å². The van der Waals surface area contributed by atoms with Crippen LogP contribution in [0.5, 0.6) is 0 Å². The highest BCUT2D eigenvalue weighted by Crippen LogP contribution is 2.22. The summed E-state index contributed by atoms with van der Waals surface area (Å²) in [5, 5.41) is 7.24. The summed E-state index contributed by atoms with van der Waals surface area (Å²) in [5.74, 6) is 0.416. The first-order chi connectivity index (χ1) is 11.4. The second kappa shape index (κ2) is 9.88. The summed E-state index contributed by atoms with van der Waals surface area (Å²) >= 11 is 0. The maximum absolute atomic E-state index is 12.2. The van der Waals surface area contributed by atoms with Crippen molar-refractivity contribution in [3.63, 3.8) is 0 Å². The van der Waals surface area contributed by atoms with Crippen molar-refractivity contribution in [3.05, 3.63) is 35.5 Å². The van der Waals surface area contributed by atoms with E-state index in [0.717, 1.165) is 17.6 Å². The molecule has 0 fully saturated rings. The van der Waals surface area contributed by atoms with Gasteiger partial charge >= 0.3 is 6.18 Å². The minimum atomic E-state index is -4.18. The van der Waals surface area contributed by atoms with E-state index in [9.17, 15) is 13.2 Å². The first kappa shape index (κ1) is 21.6. The zero-order valence-corrected chi connectivity index (χ0v) is 16.7. The van der Waals surface area contributed by atoms with Gasteiger partial charge in [0.15, 0.2) is 5.96 Å². The van der Waals surface area contributed by atoms with E-state index in [4.69, 9.17) is 0 Å². The second-order valence-corrected chi connectivity index (χ2v) is 5.58. The van der Waals surface area contributed by atoms with Crippen LogP contribution >= 0.6 is 24.0 Å². The van der Waals surface area contributed by atoms with Gasteiger partial charge in [0.05, 0.1) is 13.0 Å². The number of halogens is 4. The van der Waals surface area contributed by atoms with Gasteiger partial charge < -0.3 is 15.6 Å². The van der Waals surface area contributed by atoms with Crippen LogP contribution in [0.2, 0.25) is 0 Å². The van der Waals surface area contributed by atoms with Crippen LogP contribution in [0.1, 0.15) is 24.6 Å². The van der Waals surface area contributed by atoms with Gasteiger partial charge in [-0.1, -0.05) is 18.2 Å². The Morgan fingerprint density at radius 2 is 1.92 bits per heavy atom. The third kappa shape index (κ3) is 6.75. The molecule has 140 valence electrons. The number of aromatic nitrogens is 1. The molecule has 0 unspecified atom stereocenters. The van der Waals surface area contributed by atoms with Crippen molar-refractivity contribution in [2.75, 3.05) is 19.6 Å². The third-order valence-corrected chi connectivity index (χ3v) is 3.70. The molecule has 1 aromatic carbocycles. The summed E-state index contributed by atoms with van der Waals surface area (Å²) < 4.78 is 36.6. The molecule has 1 aromatic heterocycles. The Morgan fingerprint density at radius 1 is 1.20 bits per heavy atom. The SMILES string of the molecule is CCNC(=NCCC(F)(F)F)NCCc1c(C)[nH]c2ccccc12.I. The van der Waals surface area contributed by atoms with E-state index < -0.39 is 12.6 Å². The van der Waals surface area contributed by atoms with Crippen LogP contribution < -0.4 is 10.6 Å². The van der Waals surface area contributed by atoms with Crippen molar-refractivity contribution >= 4 is 40.8 Å². The lowest BCUT2D eigenvalue weighted by Gasteiger charge is -2.12. The average Bonchev–Trinajstić information content (AvgIpc) is 2.82. The molecule has 3 N–H and O–H groups in total. The van der Waals surface area contributed by atoms with Gasteiger partial charge in [0.1, 0.15) is 0 Å². The standard InChI is InChI=1S/C17H23F3N4.HI/c1-3-21-16(23-11-9-17(18,19)20)22-10-8-13-12(2)24-15-7-5-4-6-14(13)15;/h4-7,24H,3,8-11H2,1-2H3,(H2,21,22,23);1H. The Kier molecular flexibility index (Phi) is 8.54. The lowest BCUT2D eigenvalue weighted by molar-refractivity contribution is -0.132. The number of guanidine groups is 1. The number of H-pyrrole nitrogens is 1. The number of aromatic amines is 1.